The van der Waals surface area contributed by atoms with Crippen molar-refractivity contribution in [2.75, 3.05) is 13.2 Å². The molecule has 0 radical (unpaired) electrons. The maximum Gasteiger partial charge on any atom is 0.333 e. The van der Waals surface area contributed by atoms with E-state index in [1.54, 1.807) is 13.8 Å². The number of nitrogens with one attached hydrogen (secondary N) is 1. The number of carbonyl (C=O) groups is 2. The Balaban J connectivity index is 0.000000248. The molecule has 122 valence electrons. The molecule has 0 aliphatic heterocycles. The molecule has 23 heavy (non-hydrogen) atoms. The van der Waals surface area contributed by atoms with Crippen LogP contribution in [0.25, 0.3) is 11.0 Å². The molecule has 0 amide bonds. The van der Waals surface area contributed by atoms with Crippen LogP contribution in [0.4, 0.5) is 0 Å². The number of esters is 2. The van der Waals surface area contributed by atoms with E-state index in [4.69, 9.17) is 0 Å². The highest BCUT2D eigenvalue weighted by Crippen LogP contribution is 2.03. The summed E-state index contributed by atoms with van der Waals surface area (Å²) in [5.41, 5.74) is 2.46. The second-order valence-corrected chi connectivity index (χ2v) is 4.64. The van der Waals surface area contributed by atoms with Crippen LogP contribution in [0.1, 0.15) is 13.8 Å². The van der Waals surface area contributed by atoms with Gasteiger partial charge in [-0.05, 0) is 26.0 Å². The molecular weight excluding hydrogens is 298 g/mol. The minimum absolute atomic E-state index is 0.0325. The van der Waals surface area contributed by atoms with E-state index in [0.29, 0.717) is 11.1 Å². The molecule has 0 atom stereocenters. The van der Waals surface area contributed by atoms with Crippen molar-refractivity contribution < 1.29 is 19.1 Å². The average molecular weight is 317 g/mol. The van der Waals surface area contributed by atoms with Gasteiger partial charge in [-0.15, -0.1) is 0 Å². The first-order valence-electron chi connectivity index (χ1n) is 6.82. The standard InChI is InChI=1S/C10H14O4.C6H5N3/c1-7(2)9(11)13-5-6-14-10(12)8(3)4;1-2-4-6-5(3-1)7-9-8-6/h1,3,5-6H2,2,4H3;1-4H,(H,7,8,9). The molecule has 1 aromatic heterocycles. The third kappa shape index (κ3) is 6.56. The first kappa shape index (κ1) is 18.1. The summed E-state index contributed by atoms with van der Waals surface area (Å²) >= 11 is 0. The minimum Gasteiger partial charge on any atom is -0.459 e. The number of aromatic amines is 1. The van der Waals surface area contributed by atoms with E-state index in [1.165, 1.54) is 0 Å². The molecule has 2 aromatic rings. The van der Waals surface area contributed by atoms with Gasteiger partial charge in [0.25, 0.3) is 0 Å². The van der Waals surface area contributed by atoms with Crippen LogP contribution in [0.2, 0.25) is 0 Å². The van der Waals surface area contributed by atoms with Gasteiger partial charge < -0.3 is 9.47 Å². The van der Waals surface area contributed by atoms with Crippen molar-refractivity contribution >= 4 is 23.0 Å². The molecule has 0 bridgehead atoms. The number of benzene rings is 1. The second kappa shape index (κ2) is 9.14. The maximum atomic E-state index is 10.8. The highest BCUT2D eigenvalue weighted by atomic mass is 16.6. The number of H-pyrrole nitrogens is 1. The van der Waals surface area contributed by atoms with E-state index >= 15 is 0 Å². The normalized spacial score (nSPS) is 9.48. The molecule has 7 nitrogen and oxygen atoms in total. The van der Waals surface area contributed by atoms with Gasteiger partial charge in [0.2, 0.25) is 0 Å². The highest BCUT2D eigenvalue weighted by molar-refractivity contribution is 5.87. The van der Waals surface area contributed by atoms with Crippen molar-refractivity contribution in [1.82, 2.24) is 15.4 Å². The van der Waals surface area contributed by atoms with Crippen LogP contribution in [0.3, 0.4) is 0 Å². The number of rotatable bonds is 5. The monoisotopic (exact) mass is 317 g/mol. The summed E-state index contributed by atoms with van der Waals surface area (Å²) in [6.07, 6.45) is 0. The topological polar surface area (TPSA) is 94.2 Å². The molecule has 7 heteroatoms. The maximum absolute atomic E-state index is 10.8. The Hall–Kier alpha value is -2.96. The number of fused-ring (bicyclic) bond motifs is 1. The van der Waals surface area contributed by atoms with Crippen molar-refractivity contribution in [1.29, 1.82) is 0 Å². The Morgan fingerprint density at radius 2 is 1.35 bits per heavy atom. The smallest absolute Gasteiger partial charge is 0.333 e. The number of aromatic nitrogens is 3. The molecule has 1 N–H and O–H groups in total. The Labute approximate surface area is 134 Å². The summed E-state index contributed by atoms with van der Waals surface area (Å²) in [6.45, 7) is 9.95. The zero-order chi connectivity index (χ0) is 17.2. The molecular formula is C16H19N3O4. The molecule has 1 aromatic carbocycles. The number of para-hydroxylation sites is 2. The minimum atomic E-state index is -0.489. The summed E-state index contributed by atoms with van der Waals surface area (Å²) in [7, 11) is 0. The Bertz CT molecular complexity index is 648. The van der Waals surface area contributed by atoms with Crippen molar-refractivity contribution in [2.45, 2.75) is 13.8 Å². The van der Waals surface area contributed by atoms with Crippen LogP contribution in [-0.4, -0.2) is 40.6 Å². The van der Waals surface area contributed by atoms with Gasteiger partial charge in [0, 0.05) is 11.1 Å². The van der Waals surface area contributed by atoms with Crippen LogP contribution in [-0.2, 0) is 19.1 Å². The van der Waals surface area contributed by atoms with Crippen molar-refractivity contribution in [2.24, 2.45) is 0 Å². The molecule has 0 spiro atoms. The van der Waals surface area contributed by atoms with Gasteiger partial charge in [0.15, 0.2) is 0 Å². The molecule has 0 aliphatic carbocycles. The van der Waals surface area contributed by atoms with E-state index in [9.17, 15) is 9.59 Å². The lowest BCUT2D eigenvalue weighted by molar-refractivity contribution is -0.147. The summed E-state index contributed by atoms with van der Waals surface area (Å²) in [4.78, 5) is 21.7. The first-order chi connectivity index (χ1) is 10.9. The van der Waals surface area contributed by atoms with Gasteiger partial charge in [0.05, 0.1) is 0 Å². The summed E-state index contributed by atoms with van der Waals surface area (Å²) < 4.78 is 9.38. The van der Waals surface area contributed by atoms with Gasteiger partial charge >= 0.3 is 11.9 Å². The highest BCUT2D eigenvalue weighted by Gasteiger charge is 2.05. The number of hydrogen-bond donors (Lipinski definition) is 1. The zero-order valence-electron chi connectivity index (χ0n) is 13.2. The van der Waals surface area contributed by atoms with Crippen LogP contribution in [0.15, 0.2) is 48.6 Å². The fourth-order valence-electron chi connectivity index (χ4n) is 1.30. The van der Waals surface area contributed by atoms with Gasteiger partial charge in [-0.25, -0.2) is 9.59 Å². The van der Waals surface area contributed by atoms with Crippen molar-refractivity contribution in [3.63, 3.8) is 0 Å². The summed E-state index contributed by atoms with van der Waals surface area (Å²) in [6, 6.07) is 7.70. The van der Waals surface area contributed by atoms with Crippen LogP contribution >= 0.6 is 0 Å². The molecule has 0 saturated carbocycles. The lowest BCUT2D eigenvalue weighted by atomic mass is 10.3. The quantitative estimate of drug-likeness (QED) is 0.516. The number of carbonyl (C=O) groups excluding carboxylic acids is 2. The third-order valence-corrected chi connectivity index (χ3v) is 2.47. The largest absolute Gasteiger partial charge is 0.459 e. The van der Waals surface area contributed by atoms with Crippen LogP contribution < -0.4 is 0 Å². The van der Waals surface area contributed by atoms with E-state index in [0.717, 1.165) is 11.0 Å². The molecule has 0 saturated heterocycles. The Kier molecular flexibility index (Phi) is 7.19. The fourth-order valence-corrected chi connectivity index (χ4v) is 1.30. The molecule has 1 heterocycles. The number of hydrogen-bond acceptors (Lipinski definition) is 6. The summed E-state index contributed by atoms with van der Waals surface area (Å²) in [5.74, 6) is -0.979. The van der Waals surface area contributed by atoms with E-state index in [1.807, 2.05) is 24.3 Å². The molecule has 0 unspecified atom stereocenters. The lowest BCUT2D eigenvalue weighted by Crippen LogP contribution is -2.14. The predicted molar refractivity (Wildman–Crippen MR) is 85.4 cm³/mol. The van der Waals surface area contributed by atoms with Gasteiger partial charge in [-0.1, -0.05) is 25.3 Å². The van der Waals surface area contributed by atoms with Gasteiger partial charge in [-0.2, -0.15) is 15.4 Å². The zero-order valence-corrected chi connectivity index (χ0v) is 13.2. The predicted octanol–water partition coefficient (Wildman–Crippen LogP) is 2.18. The third-order valence-electron chi connectivity index (χ3n) is 2.47. The van der Waals surface area contributed by atoms with E-state index in [2.05, 4.69) is 38.0 Å². The second-order valence-electron chi connectivity index (χ2n) is 4.64. The molecule has 2 rings (SSSR count). The van der Waals surface area contributed by atoms with Crippen LogP contribution in [0, 0.1) is 0 Å². The summed E-state index contributed by atoms with van der Waals surface area (Å²) in [5, 5.41) is 10.3. The number of ether oxygens (including phenoxy) is 2. The Morgan fingerprint density at radius 1 is 0.957 bits per heavy atom. The van der Waals surface area contributed by atoms with Gasteiger partial charge in [0.1, 0.15) is 24.2 Å². The average Bonchev–Trinajstić information content (AvgIpc) is 3.00. The lowest BCUT2D eigenvalue weighted by Gasteiger charge is -2.05. The van der Waals surface area contributed by atoms with Crippen LogP contribution in [0.5, 0.6) is 0 Å². The van der Waals surface area contributed by atoms with E-state index < -0.39 is 11.9 Å². The fraction of sp³-hybridized carbons (Fsp3) is 0.250. The van der Waals surface area contributed by atoms with Crippen molar-refractivity contribution in [3.05, 3.63) is 48.6 Å². The Morgan fingerprint density at radius 3 is 1.70 bits per heavy atom. The van der Waals surface area contributed by atoms with E-state index in [-0.39, 0.29) is 13.2 Å². The van der Waals surface area contributed by atoms with Crippen molar-refractivity contribution in [3.8, 4) is 0 Å². The first-order valence-corrected chi connectivity index (χ1v) is 6.82. The number of nitrogens with zero attached hydrogens (tertiary/aromatic N) is 2. The van der Waals surface area contributed by atoms with Gasteiger partial charge in [-0.3, -0.25) is 0 Å². The molecule has 0 fully saturated rings. The SMILES string of the molecule is C=C(C)C(=O)OCCOC(=O)C(=C)C.c1ccc2n[nH]nc2c1. The molecule has 0 aliphatic rings.